The van der Waals surface area contributed by atoms with Crippen LogP contribution in [0.5, 0.6) is 5.88 Å². The first-order chi connectivity index (χ1) is 6.92. The first-order valence-electron chi connectivity index (χ1n) is 4.81. The predicted molar refractivity (Wildman–Crippen MR) is 59.7 cm³/mol. The van der Waals surface area contributed by atoms with Crippen molar-refractivity contribution >= 4 is 5.82 Å². The predicted octanol–water partition coefficient (Wildman–Crippen LogP) is 0.778. The fourth-order valence-electron chi connectivity index (χ4n) is 0.787. The molecule has 0 aliphatic rings. The van der Waals surface area contributed by atoms with Crippen LogP contribution in [0.25, 0.3) is 0 Å². The molecule has 1 heterocycles. The van der Waals surface area contributed by atoms with Crippen molar-refractivity contribution in [3.05, 3.63) is 12.1 Å². The molecule has 0 bridgehead atoms. The molecule has 0 aromatic carbocycles. The summed E-state index contributed by atoms with van der Waals surface area (Å²) < 4.78 is 5.52. The molecule has 5 nitrogen and oxygen atoms in total. The fraction of sp³-hybridized carbons (Fsp3) is 0.600. The number of nitrogens with two attached hydrogens (primary N) is 1. The second kappa shape index (κ2) is 4.44. The molecule has 1 rings (SSSR count). The molecule has 0 saturated heterocycles. The minimum Gasteiger partial charge on any atom is -0.475 e. The van der Waals surface area contributed by atoms with Crippen molar-refractivity contribution in [1.82, 2.24) is 15.1 Å². The average Bonchev–Trinajstić information content (AvgIpc) is 2.17. The summed E-state index contributed by atoms with van der Waals surface area (Å²) in [6.45, 7) is 4.74. The SMILES string of the molecule is CN(C)C(C)(C)COc1ccc(N)nn1. The molecular weight excluding hydrogens is 192 g/mol. The van der Waals surface area contributed by atoms with Gasteiger partial charge in [0, 0.05) is 11.6 Å². The Morgan fingerprint density at radius 3 is 2.47 bits per heavy atom. The highest BCUT2D eigenvalue weighted by molar-refractivity contribution is 5.27. The van der Waals surface area contributed by atoms with E-state index in [1.165, 1.54) is 0 Å². The number of anilines is 1. The third-order valence-electron chi connectivity index (χ3n) is 2.44. The zero-order valence-electron chi connectivity index (χ0n) is 9.69. The van der Waals surface area contributed by atoms with Crippen molar-refractivity contribution in [2.24, 2.45) is 0 Å². The van der Waals surface area contributed by atoms with Crippen molar-refractivity contribution in [3.8, 4) is 5.88 Å². The van der Waals surface area contributed by atoms with E-state index >= 15 is 0 Å². The maximum Gasteiger partial charge on any atom is 0.233 e. The number of hydrogen-bond acceptors (Lipinski definition) is 5. The van der Waals surface area contributed by atoms with Crippen LogP contribution in [0.4, 0.5) is 5.82 Å². The Bertz CT molecular complexity index is 308. The van der Waals surface area contributed by atoms with Gasteiger partial charge in [-0.3, -0.25) is 0 Å². The lowest BCUT2D eigenvalue weighted by Gasteiger charge is -2.31. The molecule has 1 aromatic rings. The highest BCUT2D eigenvalue weighted by atomic mass is 16.5. The zero-order valence-corrected chi connectivity index (χ0v) is 9.69. The highest BCUT2D eigenvalue weighted by Crippen LogP contribution is 2.13. The smallest absolute Gasteiger partial charge is 0.233 e. The Balaban J connectivity index is 2.54. The summed E-state index contributed by atoms with van der Waals surface area (Å²) in [5, 5.41) is 7.54. The van der Waals surface area contributed by atoms with Crippen LogP contribution in [0.1, 0.15) is 13.8 Å². The molecule has 15 heavy (non-hydrogen) atoms. The van der Waals surface area contributed by atoms with Crippen molar-refractivity contribution in [1.29, 1.82) is 0 Å². The molecule has 0 saturated carbocycles. The highest BCUT2D eigenvalue weighted by Gasteiger charge is 2.21. The van der Waals surface area contributed by atoms with E-state index in [1.54, 1.807) is 12.1 Å². The maximum atomic E-state index is 5.52. The third-order valence-corrected chi connectivity index (χ3v) is 2.44. The lowest BCUT2D eigenvalue weighted by atomic mass is 10.1. The van der Waals surface area contributed by atoms with E-state index in [0.717, 1.165) is 0 Å². The molecule has 2 N–H and O–H groups in total. The van der Waals surface area contributed by atoms with Crippen LogP contribution in [0.3, 0.4) is 0 Å². The lowest BCUT2D eigenvalue weighted by Crippen LogP contribution is -2.43. The normalized spacial score (nSPS) is 11.8. The molecule has 0 radical (unpaired) electrons. The summed E-state index contributed by atoms with van der Waals surface area (Å²) >= 11 is 0. The minimum absolute atomic E-state index is 0.0386. The van der Waals surface area contributed by atoms with Gasteiger partial charge in [0.1, 0.15) is 12.4 Å². The average molecular weight is 210 g/mol. The molecule has 0 aliphatic heterocycles. The maximum absolute atomic E-state index is 5.52. The van der Waals surface area contributed by atoms with Gasteiger partial charge in [-0.25, -0.2) is 0 Å². The second-order valence-corrected chi connectivity index (χ2v) is 4.29. The van der Waals surface area contributed by atoms with E-state index in [4.69, 9.17) is 10.5 Å². The molecule has 0 spiro atoms. The van der Waals surface area contributed by atoms with E-state index in [9.17, 15) is 0 Å². The third kappa shape index (κ3) is 3.36. The van der Waals surface area contributed by atoms with E-state index in [-0.39, 0.29) is 5.54 Å². The number of rotatable bonds is 4. The number of hydrogen-bond donors (Lipinski definition) is 1. The van der Waals surface area contributed by atoms with Gasteiger partial charge in [0.25, 0.3) is 0 Å². The van der Waals surface area contributed by atoms with Crippen LogP contribution < -0.4 is 10.5 Å². The minimum atomic E-state index is -0.0386. The van der Waals surface area contributed by atoms with Gasteiger partial charge in [-0.2, -0.15) is 0 Å². The van der Waals surface area contributed by atoms with Gasteiger partial charge in [-0.05, 0) is 34.0 Å². The Hall–Kier alpha value is -1.36. The molecule has 0 fully saturated rings. The van der Waals surface area contributed by atoms with Gasteiger partial charge in [0.15, 0.2) is 0 Å². The van der Waals surface area contributed by atoms with Crippen molar-refractivity contribution < 1.29 is 4.74 Å². The summed E-state index contributed by atoms with van der Waals surface area (Å²) in [4.78, 5) is 2.09. The largest absolute Gasteiger partial charge is 0.475 e. The zero-order chi connectivity index (χ0) is 11.5. The number of nitrogen functional groups attached to an aromatic ring is 1. The van der Waals surface area contributed by atoms with E-state index in [2.05, 4.69) is 28.9 Å². The van der Waals surface area contributed by atoms with Gasteiger partial charge in [0.05, 0.1) is 0 Å². The molecule has 1 aromatic heterocycles. The summed E-state index contributed by atoms with van der Waals surface area (Å²) in [7, 11) is 4.02. The van der Waals surface area contributed by atoms with Crippen LogP contribution >= 0.6 is 0 Å². The Morgan fingerprint density at radius 1 is 1.33 bits per heavy atom. The fourth-order valence-corrected chi connectivity index (χ4v) is 0.787. The molecule has 0 amide bonds. The van der Waals surface area contributed by atoms with Crippen LogP contribution in [0, 0.1) is 0 Å². The van der Waals surface area contributed by atoms with Crippen LogP contribution in [0.2, 0.25) is 0 Å². The van der Waals surface area contributed by atoms with E-state index < -0.39 is 0 Å². The van der Waals surface area contributed by atoms with E-state index in [1.807, 2.05) is 14.1 Å². The summed E-state index contributed by atoms with van der Waals surface area (Å²) in [5.41, 5.74) is 5.38. The summed E-state index contributed by atoms with van der Waals surface area (Å²) in [5.74, 6) is 0.897. The van der Waals surface area contributed by atoms with Crippen molar-refractivity contribution in [3.63, 3.8) is 0 Å². The number of aromatic nitrogens is 2. The first kappa shape index (κ1) is 11.7. The van der Waals surface area contributed by atoms with Crippen LogP contribution in [-0.4, -0.2) is 41.3 Å². The molecule has 0 unspecified atom stereocenters. The molecule has 84 valence electrons. The lowest BCUT2D eigenvalue weighted by molar-refractivity contribution is 0.110. The number of nitrogens with zero attached hydrogens (tertiary/aromatic N) is 3. The molecule has 5 heteroatoms. The molecular formula is C10H18N4O. The summed E-state index contributed by atoms with van der Waals surface area (Å²) in [6.07, 6.45) is 0. The van der Waals surface area contributed by atoms with Gasteiger partial charge in [0.2, 0.25) is 5.88 Å². The Morgan fingerprint density at radius 2 is 2.00 bits per heavy atom. The van der Waals surface area contributed by atoms with Crippen molar-refractivity contribution in [2.45, 2.75) is 19.4 Å². The van der Waals surface area contributed by atoms with Gasteiger partial charge < -0.3 is 15.4 Å². The monoisotopic (exact) mass is 210 g/mol. The van der Waals surface area contributed by atoms with Gasteiger partial charge in [-0.1, -0.05) is 0 Å². The quantitative estimate of drug-likeness (QED) is 0.795. The second-order valence-electron chi connectivity index (χ2n) is 4.29. The van der Waals surface area contributed by atoms with Gasteiger partial charge in [-0.15, -0.1) is 10.2 Å². The van der Waals surface area contributed by atoms with Crippen LogP contribution in [-0.2, 0) is 0 Å². The molecule has 0 atom stereocenters. The Labute approximate surface area is 90.2 Å². The number of likely N-dealkylation sites (N-methyl/N-ethyl adjacent to an activating group) is 1. The standard InChI is InChI=1S/C10H18N4O/c1-10(2,14(3)4)7-15-9-6-5-8(11)12-13-9/h5-6H,7H2,1-4H3,(H2,11,12). The van der Waals surface area contributed by atoms with Crippen LogP contribution in [0.15, 0.2) is 12.1 Å². The Kier molecular flexibility index (Phi) is 3.47. The topological polar surface area (TPSA) is 64.3 Å². The molecule has 0 aliphatic carbocycles. The number of ether oxygens (including phenoxy) is 1. The first-order valence-corrected chi connectivity index (χ1v) is 4.81. The van der Waals surface area contributed by atoms with Gasteiger partial charge >= 0.3 is 0 Å². The van der Waals surface area contributed by atoms with E-state index in [0.29, 0.717) is 18.3 Å². The van der Waals surface area contributed by atoms with Crippen molar-refractivity contribution in [2.75, 3.05) is 26.4 Å². The summed E-state index contributed by atoms with van der Waals surface area (Å²) in [6, 6.07) is 3.39.